The highest BCUT2D eigenvalue weighted by Gasteiger charge is 2.37. The Kier molecular flexibility index (Phi) is 7.46. The van der Waals surface area contributed by atoms with Crippen molar-refractivity contribution in [3.63, 3.8) is 0 Å². The number of hydrogen-bond donors (Lipinski definition) is 0. The fourth-order valence-corrected chi connectivity index (χ4v) is 6.70. The number of fused-ring (bicyclic) bond motifs is 3. The quantitative estimate of drug-likeness (QED) is 0.186. The van der Waals surface area contributed by atoms with E-state index in [1.165, 1.54) is 0 Å². The molecular formula is C38H35F3N4O. The minimum absolute atomic E-state index is 0.173. The Balaban J connectivity index is 1.32. The second-order valence-corrected chi connectivity index (χ2v) is 12.5. The summed E-state index contributed by atoms with van der Waals surface area (Å²) < 4.78 is 54.2. The first-order chi connectivity index (χ1) is 22.1. The zero-order chi connectivity index (χ0) is 32.3. The van der Waals surface area contributed by atoms with E-state index in [1.54, 1.807) is 18.5 Å². The van der Waals surface area contributed by atoms with Crippen molar-refractivity contribution in [2.24, 2.45) is 0 Å². The molecule has 7 rings (SSSR count). The number of ether oxygens (including phenoxy) is 1. The summed E-state index contributed by atoms with van der Waals surface area (Å²) in [5, 5.41) is 6.92. The normalized spacial score (nSPS) is 18.5. The Morgan fingerprint density at radius 1 is 0.870 bits per heavy atom. The van der Waals surface area contributed by atoms with Crippen molar-refractivity contribution in [2.75, 3.05) is 0 Å². The third-order valence-electron chi connectivity index (χ3n) is 8.94. The van der Waals surface area contributed by atoms with Gasteiger partial charge in [-0.15, -0.1) is 0 Å². The van der Waals surface area contributed by atoms with Gasteiger partial charge in [-0.05, 0) is 86.4 Å². The molecule has 5 nitrogen and oxygen atoms in total. The molecule has 1 aliphatic carbocycles. The molecule has 8 heteroatoms. The molecule has 3 aromatic heterocycles. The van der Waals surface area contributed by atoms with Crippen LogP contribution in [-0.2, 0) is 0 Å². The number of nitrogens with zero attached hydrogens (tertiary/aromatic N) is 4. The van der Waals surface area contributed by atoms with Crippen molar-refractivity contribution in [2.45, 2.75) is 65.2 Å². The van der Waals surface area contributed by atoms with E-state index >= 15 is 4.39 Å². The van der Waals surface area contributed by atoms with Gasteiger partial charge < -0.3 is 4.74 Å². The highest BCUT2D eigenvalue weighted by Crippen LogP contribution is 2.42. The van der Waals surface area contributed by atoms with Crippen LogP contribution in [0.1, 0.15) is 60.2 Å². The molecule has 3 aromatic carbocycles. The van der Waals surface area contributed by atoms with E-state index in [0.717, 1.165) is 44.8 Å². The van der Waals surface area contributed by atoms with E-state index in [-0.39, 0.29) is 12.3 Å². The van der Waals surface area contributed by atoms with Crippen LogP contribution >= 0.6 is 0 Å². The predicted molar refractivity (Wildman–Crippen MR) is 177 cm³/mol. The van der Waals surface area contributed by atoms with Crippen LogP contribution in [0.2, 0.25) is 0 Å². The molecule has 6 aromatic rings. The molecule has 0 amide bonds. The standard InChI is InChI=1S/C38H35F3N4O/c1-21(2)25-15-27(45-24(5)37(23(4)43-45)38-32(40)17-26(39)18-33(38)41)19-29(16-25)46-28-10-11-31-30-8-6-7-9-34(30)44(35(31)20-28)36-14-22(3)12-13-42-36/h6-17,19-21,26,33,38H,18H2,1-5H3/t26?,33-,38+/m0/s1. The maximum atomic E-state index is 15.0. The van der Waals surface area contributed by atoms with Crippen molar-refractivity contribution in [1.29, 1.82) is 0 Å². The van der Waals surface area contributed by atoms with Crippen LogP contribution in [0.3, 0.4) is 0 Å². The third-order valence-corrected chi connectivity index (χ3v) is 8.94. The minimum atomic E-state index is -1.67. The van der Waals surface area contributed by atoms with Gasteiger partial charge in [-0.3, -0.25) is 4.57 Å². The molecule has 3 heterocycles. The SMILES string of the molecule is Cc1ccnc(-n2c3ccccc3c3ccc(Oc4cc(C(C)C)cc(-n5nc(C)c([C@@H]6C(F)=CC(F)C[C@@H]6F)c5C)c4)cc32)c1. The van der Waals surface area contributed by atoms with Gasteiger partial charge in [-0.1, -0.05) is 32.0 Å². The first-order valence-corrected chi connectivity index (χ1v) is 15.6. The first kappa shape index (κ1) is 29.8. The summed E-state index contributed by atoms with van der Waals surface area (Å²) in [5.41, 5.74) is 6.44. The van der Waals surface area contributed by atoms with Crippen molar-refractivity contribution >= 4 is 21.8 Å². The summed E-state index contributed by atoms with van der Waals surface area (Å²) in [6.45, 7) is 9.78. The summed E-state index contributed by atoms with van der Waals surface area (Å²) in [6, 6.07) is 24.3. The largest absolute Gasteiger partial charge is 0.457 e. The molecule has 0 aliphatic heterocycles. The lowest BCUT2D eigenvalue weighted by atomic mass is 9.84. The molecule has 234 valence electrons. The van der Waals surface area contributed by atoms with Crippen LogP contribution in [0.5, 0.6) is 11.5 Å². The molecule has 46 heavy (non-hydrogen) atoms. The summed E-state index contributed by atoms with van der Waals surface area (Å²) in [5.74, 6) is 0.303. The van der Waals surface area contributed by atoms with Crippen molar-refractivity contribution in [1.82, 2.24) is 19.3 Å². The number of para-hydroxylation sites is 1. The number of hydrogen-bond acceptors (Lipinski definition) is 3. The molecule has 3 atom stereocenters. The Hall–Kier alpha value is -4.85. The average molecular weight is 621 g/mol. The molecule has 0 spiro atoms. The Morgan fingerprint density at radius 2 is 1.65 bits per heavy atom. The van der Waals surface area contributed by atoms with Crippen LogP contribution in [-0.4, -0.2) is 31.7 Å². The number of pyridine rings is 1. The number of aryl methyl sites for hydroxylation is 2. The van der Waals surface area contributed by atoms with Crippen LogP contribution < -0.4 is 4.74 Å². The zero-order valence-corrected chi connectivity index (χ0v) is 26.4. The van der Waals surface area contributed by atoms with E-state index in [2.05, 4.69) is 54.6 Å². The van der Waals surface area contributed by atoms with Gasteiger partial charge in [0.05, 0.1) is 28.3 Å². The summed E-state index contributed by atoms with van der Waals surface area (Å²) >= 11 is 0. The van der Waals surface area contributed by atoms with Gasteiger partial charge >= 0.3 is 0 Å². The van der Waals surface area contributed by atoms with Crippen molar-refractivity contribution < 1.29 is 17.9 Å². The smallest absolute Gasteiger partial charge is 0.137 e. The molecule has 1 unspecified atom stereocenters. The number of benzene rings is 3. The number of aromatic nitrogens is 4. The number of alkyl halides is 2. The second kappa shape index (κ2) is 11.5. The van der Waals surface area contributed by atoms with Gasteiger partial charge in [0, 0.05) is 46.8 Å². The Morgan fingerprint density at radius 3 is 2.41 bits per heavy atom. The van der Waals surface area contributed by atoms with Gasteiger partial charge in [0.15, 0.2) is 0 Å². The molecule has 0 fully saturated rings. The molecular weight excluding hydrogens is 585 g/mol. The fourth-order valence-electron chi connectivity index (χ4n) is 6.70. The minimum Gasteiger partial charge on any atom is -0.457 e. The molecule has 0 N–H and O–H groups in total. The Bertz CT molecular complexity index is 2140. The topological polar surface area (TPSA) is 44.9 Å². The molecule has 0 bridgehead atoms. The fraction of sp³-hybridized carbons (Fsp3) is 0.263. The highest BCUT2D eigenvalue weighted by atomic mass is 19.2. The van der Waals surface area contributed by atoms with E-state index in [9.17, 15) is 8.78 Å². The van der Waals surface area contributed by atoms with E-state index in [4.69, 9.17) is 9.84 Å². The third kappa shape index (κ3) is 5.15. The number of allylic oxidation sites excluding steroid dienone is 2. The van der Waals surface area contributed by atoms with Crippen LogP contribution in [0.4, 0.5) is 13.2 Å². The van der Waals surface area contributed by atoms with Crippen LogP contribution in [0, 0.1) is 20.8 Å². The summed E-state index contributed by atoms with van der Waals surface area (Å²) in [7, 11) is 0. The lowest BCUT2D eigenvalue weighted by molar-refractivity contribution is 0.195. The van der Waals surface area contributed by atoms with Crippen LogP contribution in [0.25, 0.3) is 33.3 Å². The monoisotopic (exact) mass is 620 g/mol. The van der Waals surface area contributed by atoms with Gasteiger partial charge in [-0.2, -0.15) is 5.10 Å². The maximum Gasteiger partial charge on any atom is 0.137 e. The predicted octanol–water partition coefficient (Wildman–Crippen LogP) is 10.2. The molecule has 0 radical (unpaired) electrons. The molecule has 0 saturated carbocycles. The van der Waals surface area contributed by atoms with Crippen molar-refractivity contribution in [3.8, 4) is 23.0 Å². The lowest BCUT2D eigenvalue weighted by Gasteiger charge is -2.25. The first-order valence-electron chi connectivity index (χ1n) is 15.6. The second-order valence-electron chi connectivity index (χ2n) is 12.5. The summed E-state index contributed by atoms with van der Waals surface area (Å²) in [4.78, 5) is 4.68. The van der Waals surface area contributed by atoms with E-state index in [0.29, 0.717) is 34.1 Å². The number of halogens is 3. The van der Waals surface area contributed by atoms with E-state index in [1.807, 2.05) is 54.7 Å². The van der Waals surface area contributed by atoms with Crippen LogP contribution in [0.15, 0.2) is 90.9 Å². The van der Waals surface area contributed by atoms with E-state index < -0.39 is 24.1 Å². The Labute approximate surface area is 266 Å². The average Bonchev–Trinajstić information content (AvgIpc) is 3.49. The molecule has 1 aliphatic rings. The van der Waals surface area contributed by atoms with Gasteiger partial charge in [0.1, 0.15) is 35.5 Å². The maximum absolute atomic E-state index is 15.0. The summed E-state index contributed by atoms with van der Waals surface area (Å²) in [6.07, 6.45) is -0.964. The lowest BCUT2D eigenvalue weighted by Crippen LogP contribution is -2.25. The van der Waals surface area contributed by atoms with Crippen molar-refractivity contribution in [3.05, 3.63) is 119 Å². The zero-order valence-electron chi connectivity index (χ0n) is 26.4. The number of rotatable bonds is 6. The van der Waals surface area contributed by atoms with Gasteiger partial charge in [0.25, 0.3) is 0 Å². The van der Waals surface area contributed by atoms with Gasteiger partial charge in [-0.25, -0.2) is 22.8 Å². The highest BCUT2D eigenvalue weighted by molar-refractivity contribution is 6.09. The molecule has 0 saturated heterocycles. The van der Waals surface area contributed by atoms with Gasteiger partial charge in [0.2, 0.25) is 0 Å².